The maximum absolute atomic E-state index is 13.9. The summed E-state index contributed by atoms with van der Waals surface area (Å²) < 4.78 is 23.7. The molecule has 1 fully saturated rings. The predicted octanol–water partition coefficient (Wildman–Crippen LogP) is 0.290. The molecule has 2 N–H and O–H groups in total. The fourth-order valence-electron chi connectivity index (χ4n) is 3.03. The van der Waals surface area contributed by atoms with Gasteiger partial charge in [-0.05, 0) is 17.7 Å². The highest BCUT2D eigenvalue weighted by molar-refractivity contribution is 5.86. The summed E-state index contributed by atoms with van der Waals surface area (Å²) in [6, 6.07) is 5.06. The number of guanidine groups is 1. The Kier molecular flexibility index (Phi) is 8.96. The van der Waals surface area contributed by atoms with Crippen LogP contribution >= 0.6 is 0 Å². The van der Waals surface area contributed by atoms with Crippen molar-refractivity contribution in [2.45, 2.75) is 6.54 Å². The van der Waals surface area contributed by atoms with Crippen LogP contribution in [0.15, 0.2) is 23.2 Å². The van der Waals surface area contributed by atoms with E-state index in [0.29, 0.717) is 25.7 Å². The largest absolute Gasteiger partial charge is 0.494 e. The molecule has 0 atom stereocenters. The number of rotatable bonds is 8. The maximum Gasteiger partial charge on any atom is 0.239 e. The van der Waals surface area contributed by atoms with E-state index in [4.69, 9.17) is 9.47 Å². The minimum Gasteiger partial charge on any atom is -0.494 e. The molecule has 0 saturated carbocycles. The molecule has 1 aromatic rings. The van der Waals surface area contributed by atoms with Crippen LogP contribution in [0, 0.1) is 5.82 Å². The van der Waals surface area contributed by atoms with Gasteiger partial charge in [0.1, 0.15) is 0 Å². The van der Waals surface area contributed by atoms with E-state index in [1.54, 1.807) is 20.2 Å². The van der Waals surface area contributed by atoms with Gasteiger partial charge in [0.05, 0.1) is 20.3 Å². The number of amides is 1. The van der Waals surface area contributed by atoms with Gasteiger partial charge in [0.25, 0.3) is 0 Å². The Morgan fingerprint density at radius 2 is 1.96 bits per heavy atom. The molecule has 0 spiro atoms. The topological polar surface area (TPSA) is 78.4 Å². The summed E-state index contributed by atoms with van der Waals surface area (Å²) in [7, 11) is 4.76. The molecule has 9 heteroatoms. The van der Waals surface area contributed by atoms with Gasteiger partial charge in [-0.1, -0.05) is 6.07 Å². The standard InChI is InChI=1S/C19H30FN5O3/c1-21-19(23-13-18(26)22-6-11-27-2)25-9-7-24(8-10-25)14-15-4-5-17(28-3)16(20)12-15/h4-5,12H,6-11,13-14H2,1-3H3,(H,21,23)(H,22,26). The summed E-state index contributed by atoms with van der Waals surface area (Å²) in [5, 5.41) is 5.86. The van der Waals surface area contributed by atoms with Gasteiger partial charge in [-0.3, -0.25) is 14.7 Å². The fraction of sp³-hybridized carbons (Fsp3) is 0.579. The van der Waals surface area contributed by atoms with Gasteiger partial charge in [-0.25, -0.2) is 4.39 Å². The second-order valence-electron chi connectivity index (χ2n) is 6.48. The molecule has 156 valence electrons. The van der Waals surface area contributed by atoms with Gasteiger partial charge in [-0.2, -0.15) is 0 Å². The number of hydrogen-bond acceptors (Lipinski definition) is 5. The van der Waals surface area contributed by atoms with Gasteiger partial charge >= 0.3 is 0 Å². The first-order chi connectivity index (χ1) is 13.6. The Hall–Kier alpha value is -2.39. The van der Waals surface area contributed by atoms with Crippen LogP contribution in [-0.4, -0.2) is 88.8 Å². The normalized spacial score (nSPS) is 15.4. The van der Waals surface area contributed by atoms with E-state index >= 15 is 0 Å². The lowest BCUT2D eigenvalue weighted by molar-refractivity contribution is -0.120. The molecule has 0 aliphatic carbocycles. The number of nitrogens with one attached hydrogen (secondary N) is 2. The molecule has 0 unspecified atom stereocenters. The van der Waals surface area contributed by atoms with Crippen molar-refractivity contribution in [2.24, 2.45) is 4.99 Å². The molecule has 1 amide bonds. The van der Waals surface area contributed by atoms with Crippen molar-refractivity contribution in [1.29, 1.82) is 0 Å². The number of ether oxygens (including phenoxy) is 2. The fourth-order valence-corrected chi connectivity index (χ4v) is 3.03. The monoisotopic (exact) mass is 395 g/mol. The van der Waals surface area contributed by atoms with Crippen LogP contribution in [0.1, 0.15) is 5.56 Å². The van der Waals surface area contributed by atoms with Crippen molar-refractivity contribution in [2.75, 3.05) is 67.1 Å². The number of nitrogens with zero attached hydrogens (tertiary/aromatic N) is 3. The number of hydrogen-bond donors (Lipinski definition) is 2. The van der Waals surface area contributed by atoms with Gasteiger partial charge in [0.2, 0.25) is 5.91 Å². The second-order valence-corrected chi connectivity index (χ2v) is 6.48. The highest BCUT2D eigenvalue weighted by Crippen LogP contribution is 2.19. The third-order valence-corrected chi connectivity index (χ3v) is 4.54. The number of piperazine rings is 1. The molecule has 1 aliphatic heterocycles. The Balaban J connectivity index is 1.77. The first-order valence-corrected chi connectivity index (χ1v) is 9.33. The number of aliphatic imine (C=N–C) groups is 1. The molecule has 1 saturated heterocycles. The highest BCUT2D eigenvalue weighted by Gasteiger charge is 2.20. The van der Waals surface area contributed by atoms with Crippen LogP contribution in [-0.2, 0) is 16.1 Å². The molecule has 0 bridgehead atoms. The SMILES string of the molecule is CN=C(NCC(=O)NCCOC)N1CCN(Cc2ccc(OC)c(F)c2)CC1. The zero-order valence-corrected chi connectivity index (χ0v) is 16.8. The lowest BCUT2D eigenvalue weighted by Gasteiger charge is -2.36. The lowest BCUT2D eigenvalue weighted by atomic mass is 10.2. The Morgan fingerprint density at radius 1 is 1.21 bits per heavy atom. The Labute approximate surface area is 165 Å². The average Bonchev–Trinajstić information content (AvgIpc) is 2.70. The van der Waals surface area contributed by atoms with Gasteiger partial charge < -0.3 is 25.0 Å². The van der Waals surface area contributed by atoms with Crippen LogP contribution in [0.3, 0.4) is 0 Å². The van der Waals surface area contributed by atoms with E-state index in [-0.39, 0.29) is 24.0 Å². The van der Waals surface area contributed by atoms with E-state index in [9.17, 15) is 9.18 Å². The maximum atomic E-state index is 13.9. The van der Waals surface area contributed by atoms with Crippen molar-refractivity contribution in [3.8, 4) is 5.75 Å². The van der Waals surface area contributed by atoms with E-state index in [2.05, 4.69) is 25.4 Å². The van der Waals surface area contributed by atoms with E-state index in [0.717, 1.165) is 31.7 Å². The molecule has 8 nitrogen and oxygen atoms in total. The van der Waals surface area contributed by atoms with Crippen molar-refractivity contribution < 1.29 is 18.7 Å². The van der Waals surface area contributed by atoms with E-state index in [1.165, 1.54) is 13.2 Å². The molecule has 0 radical (unpaired) electrons. The number of carbonyl (C=O) groups excluding carboxylic acids is 1. The molecule has 2 rings (SSSR count). The molecular formula is C19H30FN5O3. The molecule has 1 aromatic carbocycles. The van der Waals surface area contributed by atoms with Crippen LogP contribution in [0.2, 0.25) is 0 Å². The van der Waals surface area contributed by atoms with Crippen LogP contribution in [0.5, 0.6) is 5.75 Å². The van der Waals surface area contributed by atoms with Crippen LogP contribution in [0.25, 0.3) is 0 Å². The highest BCUT2D eigenvalue weighted by atomic mass is 19.1. The molecule has 28 heavy (non-hydrogen) atoms. The molecule has 1 heterocycles. The van der Waals surface area contributed by atoms with Gasteiger partial charge in [0.15, 0.2) is 17.5 Å². The zero-order valence-electron chi connectivity index (χ0n) is 16.8. The molecular weight excluding hydrogens is 365 g/mol. The number of halogens is 1. The van der Waals surface area contributed by atoms with Crippen molar-refractivity contribution in [1.82, 2.24) is 20.4 Å². The predicted molar refractivity (Wildman–Crippen MR) is 106 cm³/mol. The molecule has 1 aliphatic rings. The quantitative estimate of drug-likeness (QED) is 0.374. The summed E-state index contributed by atoms with van der Waals surface area (Å²) in [5.74, 6) is 0.525. The van der Waals surface area contributed by atoms with Crippen LogP contribution < -0.4 is 15.4 Å². The Morgan fingerprint density at radius 3 is 2.57 bits per heavy atom. The Bertz CT molecular complexity index is 663. The number of carbonyl (C=O) groups is 1. The summed E-state index contributed by atoms with van der Waals surface area (Å²) in [6.07, 6.45) is 0. The smallest absolute Gasteiger partial charge is 0.239 e. The zero-order chi connectivity index (χ0) is 20.4. The van der Waals surface area contributed by atoms with Crippen LogP contribution in [0.4, 0.5) is 4.39 Å². The average molecular weight is 395 g/mol. The summed E-state index contributed by atoms with van der Waals surface area (Å²) >= 11 is 0. The van der Waals surface area contributed by atoms with E-state index < -0.39 is 0 Å². The summed E-state index contributed by atoms with van der Waals surface area (Å²) in [4.78, 5) is 20.4. The molecule has 0 aromatic heterocycles. The van der Waals surface area contributed by atoms with Crippen molar-refractivity contribution in [3.05, 3.63) is 29.6 Å². The minimum absolute atomic E-state index is 0.0987. The minimum atomic E-state index is -0.341. The number of methoxy groups -OCH3 is 2. The second kappa shape index (κ2) is 11.5. The number of benzene rings is 1. The first-order valence-electron chi connectivity index (χ1n) is 9.33. The van der Waals surface area contributed by atoms with Crippen molar-refractivity contribution >= 4 is 11.9 Å². The summed E-state index contributed by atoms with van der Waals surface area (Å²) in [6.45, 7) is 5.04. The lowest BCUT2D eigenvalue weighted by Crippen LogP contribution is -2.53. The third-order valence-electron chi connectivity index (χ3n) is 4.54. The van der Waals surface area contributed by atoms with E-state index in [1.807, 2.05) is 6.07 Å². The van der Waals surface area contributed by atoms with Crippen molar-refractivity contribution in [3.63, 3.8) is 0 Å². The van der Waals surface area contributed by atoms with Gasteiger partial charge in [-0.15, -0.1) is 0 Å². The first kappa shape index (κ1) is 21.9. The summed E-state index contributed by atoms with van der Waals surface area (Å²) in [5.41, 5.74) is 0.919. The third kappa shape index (κ3) is 6.65. The van der Waals surface area contributed by atoms with Gasteiger partial charge in [0, 0.05) is 53.4 Å².